The van der Waals surface area contributed by atoms with Crippen LogP contribution < -0.4 is 0 Å². The van der Waals surface area contributed by atoms with E-state index < -0.39 is 24.0 Å². The van der Waals surface area contributed by atoms with Gasteiger partial charge < -0.3 is 10.2 Å². The Kier molecular flexibility index (Phi) is 10.6. The molecule has 0 aliphatic carbocycles. The maximum Gasteiger partial charge on any atom is 0.138 e. The average molecular weight is 422 g/mol. The predicted octanol–water partition coefficient (Wildman–Crippen LogP) is 4.51. The largest absolute Gasteiger partial charge is 0.392 e. The van der Waals surface area contributed by atoms with E-state index in [1.165, 1.54) is 0 Å². The van der Waals surface area contributed by atoms with E-state index in [-0.39, 0.29) is 11.6 Å². The zero-order valence-corrected chi connectivity index (χ0v) is 19.3. The first-order chi connectivity index (χ1) is 13.6. The zero-order chi connectivity index (χ0) is 22.1. The number of rotatable bonds is 12. The van der Waals surface area contributed by atoms with Gasteiger partial charge in [0.1, 0.15) is 11.6 Å². The van der Waals surface area contributed by atoms with E-state index >= 15 is 0 Å². The minimum atomic E-state index is -0.941. The lowest BCUT2D eigenvalue weighted by Crippen LogP contribution is -2.35. The second-order valence-electron chi connectivity index (χ2n) is 7.84. The number of hydrogen-bond donors (Lipinski definition) is 2. The van der Waals surface area contributed by atoms with Crippen LogP contribution in [-0.2, 0) is 9.59 Å². The van der Waals surface area contributed by atoms with E-state index in [0.29, 0.717) is 25.7 Å². The Morgan fingerprint density at radius 1 is 1.14 bits per heavy atom. The van der Waals surface area contributed by atoms with Gasteiger partial charge in [0.2, 0.25) is 0 Å². The number of carbonyl (C=O) groups is 2. The van der Waals surface area contributed by atoms with Gasteiger partial charge in [0.05, 0.1) is 22.9 Å². The molecule has 4 unspecified atom stereocenters. The van der Waals surface area contributed by atoms with Crippen molar-refractivity contribution in [2.75, 3.05) is 0 Å². The van der Waals surface area contributed by atoms with Gasteiger partial charge in [-0.1, -0.05) is 32.4 Å². The summed E-state index contributed by atoms with van der Waals surface area (Å²) < 4.78 is 0. The fourth-order valence-corrected chi connectivity index (χ4v) is 3.63. The first-order valence-corrected chi connectivity index (χ1v) is 11.1. The molecule has 1 aromatic rings. The van der Waals surface area contributed by atoms with Crippen molar-refractivity contribution in [3.05, 3.63) is 33.3 Å². The summed E-state index contributed by atoms with van der Waals surface area (Å²) in [5.74, 6) is -1.16. The van der Waals surface area contributed by atoms with Gasteiger partial charge in [-0.05, 0) is 45.3 Å². The molecule has 0 amide bonds. The zero-order valence-electron chi connectivity index (χ0n) is 18.4. The maximum atomic E-state index is 12.4. The van der Waals surface area contributed by atoms with E-state index in [0.717, 1.165) is 21.8 Å². The van der Waals surface area contributed by atoms with Crippen LogP contribution in [0.4, 0.5) is 0 Å². The van der Waals surface area contributed by atoms with Crippen molar-refractivity contribution in [2.24, 2.45) is 11.8 Å². The molecule has 0 saturated carbocycles. The van der Waals surface area contributed by atoms with E-state index in [1.807, 2.05) is 38.3 Å². The SMILES string of the molecule is CCC(=O)C(C)C(O)C(C)C(=O)CC/C(C)=C/CC(O)/C(C)=C/c1csc(C)n1. The van der Waals surface area contributed by atoms with E-state index in [9.17, 15) is 19.8 Å². The number of aryl methyl sites for hydroxylation is 1. The number of Topliss-reactive ketones (excluding diaryl/α,β-unsaturated/α-hetero) is 2. The van der Waals surface area contributed by atoms with E-state index in [1.54, 1.807) is 32.1 Å². The van der Waals surface area contributed by atoms with Gasteiger partial charge in [-0.2, -0.15) is 0 Å². The van der Waals surface area contributed by atoms with Crippen molar-refractivity contribution >= 4 is 29.0 Å². The predicted molar refractivity (Wildman–Crippen MR) is 119 cm³/mol. The summed E-state index contributed by atoms with van der Waals surface area (Å²) in [6.07, 6.45) is 4.04. The number of nitrogens with zero attached hydrogens (tertiary/aromatic N) is 1. The molecule has 2 N–H and O–H groups in total. The molecule has 5 nitrogen and oxygen atoms in total. The van der Waals surface area contributed by atoms with Crippen molar-refractivity contribution in [3.63, 3.8) is 0 Å². The van der Waals surface area contributed by atoms with Crippen molar-refractivity contribution in [1.82, 2.24) is 4.98 Å². The van der Waals surface area contributed by atoms with Crippen molar-refractivity contribution in [3.8, 4) is 0 Å². The van der Waals surface area contributed by atoms with E-state index in [2.05, 4.69) is 4.98 Å². The Bertz CT molecular complexity index is 750. The lowest BCUT2D eigenvalue weighted by molar-refractivity contribution is -0.131. The van der Waals surface area contributed by atoms with Gasteiger partial charge in [-0.25, -0.2) is 4.98 Å². The molecule has 6 heteroatoms. The summed E-state index contributed by atoms with van der Waals surface area (Å²) in [4.78, 5) is 28.5. The molecule has 162 valence electrons. The highest BCUT2D eigenvalue weighted by Gasteiger charge is 2.29. The van der Waals surface area contributed by atoms with Crippen LogP contribution in [-0.4, -0.2) is 39.0 Å². The van der Waals surface area contributed by atoms with Crippen LogP contribution in [0.1, 0.15) is 71.0 Å². The van der Waals surface area contributed by atoms with Crippen LogP contribution in [0.3, 0.4) is 0 Å². The Morgan fingerprint density at radius 3 is 2.31 bits per heavy atom. The van der Waals surface area contributed by atoms with E-state index in [4.69, 9.17) is 0 Å². The molecule has 1 rings (SSSR count). The lowest BCUT2D eigenvalue weighted by atomic mass is 9.85. The molecule has 0 radical (unpaired) electrons. The molecule has 0 aliphatic rings. The molecule has 0 fully saturated rings. The Morgan fingerprint density at radius 2 is 1.76 bits per heavy atom. The first kappa shape index (κ1) is 25.4. The van der Waals surface area contributed by atoms with Gasteiger partial charge in [0.15, 0.2) is 0 Å². The number of aliphatic hydroxyl groups is 2. The third-order valence-corrected chi connectivity index (χ3v) is 6.17. The molecule has 29 heavy (non-hydrogen) atoms. The Labute approximate surface area is 178 Å². The van der Waals surface area contributed by atoms with Gasteiger partial charge in [0, 0.05) is 30.1 Å². The maximum absolute atomic E-state index is 12.4. The lowest BCUT2D eigenvalue weighted by Gasteiger charge is -2.23. The van der Waals surface area contributed by atoms with Crippen molar-refractivity contribution in [2.45, 2.75) is 79.4 Å². The van der Waals surface area contributed by atoms with Gasteiger partial charge in [-0.3, -0.25) is 9.59 Å². The molecular weight excluding hydrogens is 386 g/mol. The number of aromatic nitrogens is 1. The number of allylic oxidation sites excluding steroid dienone is 1. The minimum absolute atomic E-state index is 0.0292. The number of carbonyl (C=O) groups excluding carboxylic acids is 2. The summed E-state index contributed by atoms with van der Waals surface area (Å²) in [7, 11) is 0. The van der Waals surface area contributed by atoms with Crippen LogP contribution in [0.15, 0.2) is 22.6 Å². The molecule has 4 atom stereocenters. The van der Waals surface area contributed by atoms with Gasteiger partial charge >= 0.3 is 0 Å². The highest BCUT2D eigenvalue weighted by molar-refractivity contribution is 7.09. The Hall–Kier alpha value is -1.63. The second kappa shape index (κ2) is 12.2. The smallest absolute Gasteiger partial charge is 0.138 e. The molecule has 0 saturated heterocycles. The molecular formula is C23H35NO4S. The third-order valence-electron chi connectivity index (χ3n) is 5.38. The average Bonchev–Trinajstić information content (AvgIpc) is 3.11. The summed E-state index contributed by atoms with van der Waals surface area (Å²) >= 11 is 1.58. The van der Waals surface area contributed by atoms with Crippen molar-refractivity contribution in [1.29, 1.82) is 0 Å². The fraction of sp³-hybridized carbons (Fsp3) is 0.609. The molecule has 0 bridgehead atoms. The molecule has 1 aromatic heterocycles. The number of aliphatic hydroxyl groups excluding tert-OH is 2. The molecule has 0 spiro atoms. The summed E-state index contributed by atoms with van der Waals surface area (Å²) in [5, 5.41) is 23.6. The standard InChI is InChI=1S/C23H35NO4S/c1-7-20(25)16(4)23(28)17(5)22(27)11-9-14(2)8-10-21(26)15(3)12-19-13-29-18(6)24-19/h8,12-13,16-17,21,23,26,28H,7,9-11H2,1-6H3/b14-8+,15-12+. The highest BCUT2D eigenvalue weighted by Crippen LogP contribution is 2.20. The minimum Gasteiger partial charge on any atom is -0.392 e. The van der Waals surface area contributed by atoms with Crippen LogP contribution in [0, 0.1) is 18.8 Å². The van der Waals surface area contributed by atoms with Crippen LogP contribution >= 0.6 is 11.3 Å². The number of hydrogen-bond acceptors (Lipinski definition) is 6. The second-order valence-corrected chi connectivity index (χ2v) is 8.90. The number of ketones is 2. The fourth-order valence-electron chi connectivity index (χ4n) is 3.06. The van der Waals surface area contributed by atoms with Gasteiger partial charge in [-0.15, -0.1) is 11.3 Å². The van der Waals surface area contributed by atoms with Crippen LogP contribution in [0.5, 0.6) is 0 Å². The summed E-state index contributed by atoms with van der Waals surface area (Å²) in [6, 6.07) is 0. The van der Waals surface area contributed by atoms with Crippen LogP contribution in [0.2, 0.25) is 0 Å². The normalized spacial score (nSPS) is 17.0. The topological polar surface area (TPSA) is 87.5 Å². The number of thiazole rings is 1. The van der Waals surface area contributed by atoms with Gasteiger partial charge in [0.25, 0.3) is 0 Å². The monoisotopic (exact) mass is 421 g/mol. The Balaban J connectivity index is 2.53. The van der Waals surface area contributed by atoms with Crippen molar-refractivity contribution < 1.29 is 19.8 Å². The first-order valence-electron chi connectivity index (χ1n) is 10.2. The molecule has 0 aliphatic heterocycles. The molecule has 1 heterocycles. The quantitative estimate of drug-likeness (QED) is 0.485. The summed E-state index contributed by atoms with van der Waals surface area (Å²) in [6.45, 7) is 10.9. The molecule has 0 aromatic carbocycles. The third kappa shape index (κ3) is 8.33. The highest BCUT2D eigenvalue weighted by atomic mass is 32.1. The van der Waals surface area contributed by atoms with Crippen LogP contribution in [0.25, 0.3) is 6.08 Å². The summed E-state index contributed by atoms with van der Waals surface area (Å²) in [5.41, 5.74) is 2.73.